The highest BCUT2D eigenvalue weighted by molar-refractivity contribution is 7.17. The van der Waals surface area contributed by atoms with E-state index in [1.54, 1.807) is 0 Å². The first-order chi connectivity index (χ1) is 10.1. The number of hydrogen-bond acceptors (Lipinski definition) is 5. The molecule has 1 saturated heterocycles. The minimum atomic E-state index is -2.82. The van der Waals surface area contributed by atoms with E-state index in [0.29, 0.717) is 0 Å². The molecule has 0 radical (unpaired) electrons. The maximum atomic E-state index is 12.8. The molecule has 0 bridgehead atoms. The van der Waals surface area contributed by atoms with Crippen molar-refractivity contribution in [1.29, 1.82) is 0 Å². The number of rotatable bonds is 3. The predicted molar refractivity (Wildman–Crippen MR) is 77.9 cm³/mol. The van der Waals surface area contributed by atoms with Gasteiger partial charge >= 0.3 is 5.97 Å². The number of hydrogen-bond donors (Lipinski definition) is 0. The number of thiophene rings is 1. The summed E-state index contributed by atoms with van der Waals surface area (Å²) >= 11 is 1.48. The van der Waals surface area contributed by atoms with Gasteiger partial charge in [0, 0.05) is 18.0 Å². The second kappa shape index (κ2) is 5.93. The van der Waals surface area contributed by atoms with Crippen LogP contribution in [0.4, 0.5) is 13.8 Å². The second-order valence-corrected chi connectivity index (χ2v) is 6.03. The topological polar surface area (TPSA) is 41.9 Å². The third-order valence-electron chi connectivity index (χ3n) is 3.50. The van der Waals surface area contributed by atoms with Crippen molar-refractivity contribution in [2.24, 2.45) is 5.16 Å². The van der Waals surface area contributed by atoms with Crippen molar-refractivity contribution < 1.29 is 18.4 Å². The van der Waals surface area contributed by atoms with Crippen molar-refractivity contribution in [3.05, 3.63) is 22.6 Å². The molecule has 2 aliphatic heterocycles. The van der Waals surface area contributed by atoms with Crippen LogP contribution in [0.15, 0.2) is 22.9 Å². The zero-order chi connectivity index (χ0) is 14.8. The van der Waals surface area contributed by atoms with E-state index in [9.17, 15) is 13.6 Å². The third kappa shape index (κ3) is 2.97. The molecule has 3 rings (SSSR count). The summed E-state index contributed by atoms with van der Waals surface area (Å²) in [5, 5.41) is 4.23. The third-order valence-corrected chi connectivity index (χ3v) is 4.59. The number of oxime groups is 1. The number of nitrogens with zero attached hydrogens (tertiary/aromatic N) is 2. The van der Waals surface area contributed by atoms with Gasteiger partial charge in [0.15, 0.2) is 5.71 Å². The Bertz CT molecular complexity index is 604. The molecule has 21 heavy (non-hydrogen) atoms. The maximum absolute atomic E-state index is 12.8. The molecule has 112 valence electrons. The molecule has 0 spiro atoms. The van der Waals surface area contributed by atoms with Gasteiger partial charge in [-0.2, -0.15) is 0 Å². The number of anilines is 1. The predicted octanol–water partition coefficient (Wildman–Crippen LogP) is 3.30. The minimum Gasteiger partial charge on any atom is -0.363 e. The zero-order valence-electron chi connectivity index (χ0n) is 11.2. The summed E-state index contributed by atoms with van der Waals surface area (Å²) in [6, 6.07) is 3.79. The summed E-state index contributed by atoms with van der Waals surface area (Å²) in [6.45, 7) is 2.03. The summed E-state index contributed by atoms with van der Waals surface area (Å²) in [5.41, 5.74) is -0.745. The van der Waals surface area contributed by atoms with E-state index in [-0.39, 0.29) is 5.57 Å². The second-order valence-electron chi connectivity index (χ2n) is 4.94. The molecule has 0 aromatic carbocycles. The van der Waals surface area contributed by atoms with Gasteiger partial charge in [0.1, 0.15) is 0 Å². The van der Waals surface area contributed by atoms with Crippen LogP contribution in [0.3, 0.4) is 0 Å². The number of halogens is 2. The fraction of sp³-hybridized carbons (Fsp3) is 0.429. The van der Waals surface area contributed by atoms with Crippen molar-refractivity contribution in [1.82, 2.24) is 0 Å². The zero-order valence-corrected chi connectivity index (χ0v) is 12.0. The van der Waals surface area contributed by atoms with Gasteiger partial charge in [-0.25, -0.2) is 13.6 Å². The fourth-order valence-electron chi connectivity index (χ4n) is 2.43. The van der Waals surface area contributed by atoms with Crippen LogP contribution in [-0.2, 0) is 9.63 Å². The monoisotopic (exact) mass is 312 g/mol. The Morgan fingerprint density at radius 3 is 2.76 bits per heavy atom. The SMILES string of the molecule is O=C1ON=C(C(F)F)/C1=C\c1ccc(N2CCCCC2)s1. The molecular formula is C14H14F2N2O2S. The molecular weight excluding hydrogens is 298 g/mol. The van der Waals surface area contributed by atoms with Crippen molar-refractivity contribution in [2.75, 3.05) is 18.0 Å². The van der Waals surface area contributed by atoms with E-state index >= 15 is 0 Å². The molecule has 1 fully saturated rings. The van der Waals surface area contributed by atoms with Crippen LogP contribution >= 0.6 is 11.3 Å². The van der Waals surface area contributed by atoms with Crippen LogP contribution < -0.4 is 4.90 Å². The van der Waals surface area contributed by atoms with Crippen molar-refractivity contribution >= 4 is 34.1 Å². The first-order valence-electron chi connectivity index (χ1n) is 6.79. The van der Waals surface area contributed by atoms with Gasteiger partial charge in [0.25, 0.3) is 6.43 Å². The van der Waals surface area contributed by atoms with Gasteiger partial charge in [-0.1, -0.05) is 5.16 Å². The molecule has 0 atom stereocenters. The average molecular weight is 312 g/mol. The smallest absolute Gasteiger partial charge is 0.363 e. The number of alkyl halides is 2. The first-order valence-corrected chi connectivity index (χ1v) is 7.61. The lowest BCUT2D eigenvalue weighted by molar-refractivity contribution is -0.136. The highest BCUT2D eigenvalue weighted by atomic mass is 32.1. The van der Waals surface area contributed by atoms with Crippen molar-refractivity contribution in [3.8, 4) is 0 Å². The normalized spacial score (nSPS) is 21.1. The summed E-state index contributed by atoms with van der Waals surface area (Å²) in [7, 11) is 0. The van der Waals surface area contributed by atoms with E-state index in [2.05, 4.69) is 14.9 Å². The Morgan fingerprint density at radius 2 is 2.05 bits per heavy atom. The molecule has 0 aliphatic carbocycles. The van der Waals surface area contributed by atoms with Crippen LogP contribution in [-0.4, -0.2) is 31.2 Å². The van der Waals surface area contributed by atoms with Crippen LogP contribution in [0.25, 0.3) is 6.08 Å². The van der Waals surface area contributed by atoms with E-state index in [1.807, 2.05) is 12.1 Å². The Balaban J connectivity index is 1.81. The van der Waals surface area contributed by atoms with Gasteiger partial charge in [0.2, 0.25) is 0 Å². The molecule has 7 heteroatoms. The van der Waals surface area contributed by atoms with Gasteiger partial charge in [-0.05, 0) is 37.5 Å². The Morgan fingerprint density at radius 1 is 1.29 bits per heavy atom. The van der Waals surface area contributed by atoms with E-state index in [1.165, 1.54) is 36.7 Å². The number of piperidine rings is 1. The summed E-state index contributed by atoms with van der Waals surface area (Å²) in [4.78, 5) is 18.8. The molecule has 0 saturated carbocycles. The standard InChI is InChI=1S/C14H14F2N2O2S/c15-13(16)12-10(14(19)20-17-12)8-9-4-5-11(21-9)18-6-2-1-3-7-18/h4-5,8,13H,1-3,6-7H2/b10-8+. The quantitative estimate of drug-likeness (QED) is 0.635. The molecule has 0 amide bonds. The van der Waals surface area contributed by atoms with Crippen LogP contribution in [0.2, 0.25) is 0 Å². The van der Waals surface area contributed by atoms with Gasteiger partial charge < -0.3 is 9.74 Å². The maximum Gasteiger partial charge on any atom is 0.367 e. The van der Waals surface area contributed by atoms with Crippen LogP contribution in [0.5, 0.6) is 0 Å². The molecule has 2 aliphatic rings. The molecule has 0 N–H and O–H groups in total. The largest absolute Gasteiger partial charge is 0.367 e. The van der Waals surface area contributed by atoms with Crippen LogP contribution in [0, 0.1) is 0 Å². The van der Waals surface area contributed by atoms with Crippen LogP contribution in [0.1, 0.15) is 24.1 Å². The van der Waals surface area contributed by atoms with E-state index in [4.69, 9.17) is 0 Å². The van der Waals surface area contributed by atoms with Crippen molar-refractivity contribution in [3.63, 3.8) is 0 Å². The summed E-state index contributed by atoms with van der Waals surface area (Å²) in [6.07, 6.45) is 2.20. The lowest BCUT2D eigenvalue weighted by Gasteiger charge is -2.27. The van der Waals surface area contributed by atoms with Gasteiger partial charge in [0.05, 0.1) is 10.6 Å². The number of carbonyl (C=O) groups excluding carboxylic acids is 1. The van der Waals surface area contributed by atoms with E-state index in [0.717, 1.165) is 23.0 Å². The highest BCUT2D eigenvalue weighted by Gasteiger charge is 2.32. The Kier molecular flexibility index (Phi) is 4.01. The molecule has 1 aromatic rings. The fourth-order valence-corrected chi connectivity index (χ4v) is 3.43. The molecule has 3 heterocycles. The highest BCUT2D eigenvalue weighted by Crippen LogP contribution is 2.31. The summed E-state index contributed by atoms with van der Waals surface area (Å²) in [5.74, 6) is -0.821. The number of carbonyl (C=O) groups is 1. The first kappa shape index (κ1) is 14.2. The van der Waals surface area contributed by atoms with Crippen molar-refractivity contribution in [2.45, 2.75) is 25.7 Å². The van der Waals surface area contributed by atoms with Gasteiger partial charge in [-0.15, -0.1) is 11.3 Å². The lowest BCUT2D eigenvalue weighted by Crippen LogP contribution is -2.28. The lowest BCUT2D eigenvalue weighted by atomic mass is 10.1. The van der Waals surface area contributed by atoms with Gasteiger partial charge in [-0.3, -0.25) is 0 Å². The molecule has 4 nitrogen and oxygen atoms in total. The molecule has 1 aromatic heterocycles. The average Bonchev–Trinajstić information content (AvgIpc) is 3.08. The Labute approximate surface area is 124 Å². The van der Waals surface area contributed by atoms with E-state index < -0.39 is 18.1 Å². The molecule has 0 unspecified atom stereocenters. The minimum absolute atomic E-state index is 0.156. The Hall–Kier alpha value is -1.76. The summed E-state index contributed by atoms with van der Waals surface area (Å²) < 4.78 is 25.5.